The van der Waals surface area contributed by atoms with E-state index in [0.29, 0.717) is 19.3 Å². The van der Waals surface area contributed by atoms with E-state index in [9.17, 15) is 19.8 Å². The highest BCUT2D eigenvalue weighted by Crippen LogP contribution is 2.16. The zero-order valence-corrected chi connectivity index (χ0v) is 34.2. The maximum absolute atomic E-state index is 13.1. The molecule has 3 unspecified atom stereocenters. The number of rotatable bonds is 38. The Morgan fingerprint density at radius 1 is 0.577 bits per heavy atom. The zero-order valence-electron chi connectivity index (χ0n) is 34.2. The van der Waals surface area contributed by atoms with E-state index >= 15 is 0 Å². The lowest BCUT2D eigenvalue weighted by Gasteiger charge is -2.24. The number of ether oxygens (including phenoxy) is 1. The van der Waals surface area contributed by atoms with Crippen LogP contribution in [0.25, 0.3) is 0 Å². The van der Waals surface area contributed by atoms with Crippen LogP contribution >= 0.6 is 0 Å². The fraction of sp³-hybridized carbons (Fsp3) is 0.783. The fourth-order valence-corrected chi connectivity index (χ4v) is 6.37. The Morgan fingerprint density at radius 2 is 1.04 bits per heavy atom. The molecule has 0 aliphatic carbocycles. The van der Waals surface area contributed by atoms with Crippen molar-refractivity contribution in [1.82, 2.24) is 5.32 Å². The van der Waals surface area contributed by atoms with Crippen molar-refractivity contribution in [3.8, 4) is 0 Å². The third kappa shape index (κ3) is 34.9. The Hall–Kier alpha value is -2.18. The summed E-state index contributed by atoms with van der Waals surface area (Å²) in [6.07, 6.45) is 46.0. The van der Waals surface area contributed by atoms with E-state index in [2.05, 4.69) is 74.7 Å². The van der Waals surface area contributed by atoms with Gasteiger partial charge < -0.3 is 20.3 Å². The first-order valence-corrected chi connectivity index (χ1v) is 21.9. The van der Waals surface area contributed by atoms with Crippen LogP contribution in [-0.4, -0.2) is 46.9 Å². The van der Waals surface area contributed by atoms with Crippen LogP contribution < -0.4 is 5.32 Å². The Bertz CT molecular complexity index is 910. The molecule has 6 nitrogen and oxygen atoms in total. The first-order valence-electron chi connectivity index (χ1n) is 21.9. The number of hydrogen-bond donors (Lipinski definition) is 3. The smallest absolute Gasteiger partial charge is 0.306 e. The average Bonchev–Trinajstić information content (AvgIpc) is 3.13. The lowest BCUT2D eigenvalue weighted by molar-refractivity contribution is -0.151. The maximum Gasteiger partial charge on any atom is 0.306 e. The number of nitrogens with one attached hydrogen (secondary N) is 1. The Kier molecular flexibility index (Phi) is 38.3. The van der Waals surface area contributed by atoms with Gasteiger partial charge in [0, 0.05) is 6.42 Å². The summed E-state index contributed by atoms with van der Waals surface area (Å²) in [7, 11) is 0. The van der Waals surface area contributed by atoms with Crippen molar-refractivity contribution in [3.05, 3.63) is 48.6 Å². The highest BCUT2D eigenvalue weighted by molar-refractivity contribution is 5.77. The number of allylic oxidation sites excluding steroid dienone is 8. The van der Waals surface area contributed by atoms with Crippen molar-refractivity contribution in [2.75, 3.05) is 6.61 Å². The molecule has 0 aromatic rings. The predicted octanol–water partition coefficient (Wildman–Crippen LogP) is 12.3. The molecule has 3 N–H and O–H groups in total. The van der Waals surface area contributed by atoms with Crippen LogP contribution in [0.5, 0.6) is 0 Å². The summed E-state index contributed by atoms with van der Waals surface area (Å²) < 4.78 is 5.86. The van der Waals surface area contributed by atoms with Gasteiger partial charge in [0.1, 0.15) is 6.10 Å². The molecule has 0 heterocycles. The van der Waals surface area contributed by atoms with Gasteiger partial charge in [0.25, 0.3) is 0 Å². The van der Waals surface area contributed by atoms with Crippen LogP contribution in [0.3, 0.4) is 0 Å². The van der Waals surface area contributed by atoms with Crippen molar-refractivity contribution in [1.29, 1.82) is 0 Å². The van der Waals surface area contributed by atoms with E-state index in [1.165, 1.54) is 83.5 Å². The zero-order chi connectivity index (χ0) is 38.2. The van der Waals surface area contributed by atoms with Crippen LogP contribution in [0.15, 0.2) is 48.6 Å². The molecule has 0 radical (unpaired) electrons. The first kappa shape index (κ1) is 49.8. The number of aliphatic hydroxyl groups excluding tert-OH is 2. The van der Waals surface area contributed by atoms with Gasteiger partial charge >= 0.3 is 5.97 Å². The first-order chi connectivity index (χ1) is 25.5. The second-order valence-corrected chi connectivity index (χ2v) is 14.7. The minimum Gasteiger partial charge on any atom is -0.462 e. The third-order valence-corrected chi connectivity index (χ3v) is 9.67. The van der Waals surface area contributed by atoms with Crippen LogP contribution in [0.2, 0.25) is 0 Å². The Balaban J connectivity index is 4.72. The van der Waals surface area contributed by atoms with E-state index in [0.717, 1.165) is 77.0 Å². The topological polar surface area (TPSA) is 95.9 Å². The minimum absolute atomic E-state index is 0.0409. The standard InChI is InChI=1S/C46H83NO5/c1-4-7-10-13-16-19-21-22-23-24-26-28-31-34-37-42(52-46(51)39-36-33-30-27-20-17-14-11-8-5-2)40-45(50)47-43(41-48)44(49)38-35-32-29-25-18-15-12-9-6-3/h7,10,16,19,22-23,26,28,42-44,48-49H,4-6,8-9,11-15,17-18,20-21,24-25,27,29-41H2,1-3H3,(H,47,50)/b10-7+,19-16+,23-22+,28-26+. The second-order valence-electron chi connectivity index (χ2n) is 14.7. The van der Waals surface area contributed by atoms with Crippen LogP contribution in [0, 0.1) is 0 Å². The lowest BCUT2D eigenvalue weighted by atomic mass is 10.0. The molecule has 302 valence electrons. The third-order valence-electron chi connectivity index (χ3n) is 9.67. The Labute approximate surface area is 321 Å². The summed E-state index contributed by atoms with van der Waals surface area (Å²) in [6.45, 7) is 6.30. The van der Waals surface area contributed by atoms with Gasteiger partial charge in [-0.2, -0.15) is 0 Å². The largest absolute Gasteiger partial charge is 0.462 e. The van der Waals surface area contributed by atoms with Crippen LogP contribution in [-0.2, 0) is 14.3 Å². The van der Waals surface area contributed by atoms with E-state index < -0.39 is 18.2 Å². The van der Waals surface area contributed by atoms with Crippen molar-refractivity contribution < 1.29 is 24.5 Å². The Morgan fingerprint density at radius 3 is 1.54 bits per heavy atom. The summed E-state index contributed by atoms with van der Waals surface area (Å²) in [4.78, 5) is 25.9. The summed E-state index contributed by atoms with van der Waals surface area (Å²) in [5.41, 5.74) is 0. The number of unbranched alkanes of at least 4 members (excludes halogenated alkanes) is 18. The van der Waals surface area contributed by atoms with E-state index in [1.807, 2.05) is 0 Å². The summed E-state index contributed by atoms with van der Waals surface area (Å²) in [6, 6.07) is -0.714. The molecule has 0 bridgehead atoms. The average molecular weight is 730 g/mol. The molecule has 0 saturated heterocycles. The van der Waals surface area contributed by atoms with Crippen LogP contribution in [0.1, 0.15) is 207 Å². The van der Waals surface area contributed by atoms with Gasteiger partial charge in [-0.25, -0.2) is 0 Å². The number of hydrogen-bond acceptors (Lipinski definition) is 5. The number of carbonyl (C=O) groups excluding carboxylic acids is 2. The molecule has 0 aromatic heterocycles. The van der Waals surface area contributed by atoms with E-state index in [1.54, 1.807) is 0 Å². The maximum atomic E-state index is 13.1. The van der Waals surface area contributed by atoms with Gasteiger partial charge in [-0.1, -0.05) is 185 Å². The van der Waals surface area contributed by atoms with Gasteiger partial charge in [-0.15, -0.1) is 0 Å². The number of amides is 1. The van der Waals surface area contributed by atoms with Crippen LogP contribution in [0.4, 0.5) is 0 Å². The van der Waals surface area contributed by atoms with Crippen molar-refractivity contribution in [2.45, 2.75) is 225 Å². The molecule has 52 heavy (non-hydrogen) atoms. The number of esters is 1. The summed E-state index contributed by atoms with van der Waals surface area (Å²) >= 11 is 0. The molecule has 0 spiro atoms. The van der Waals surface area contributed by atoms with Gasteiger partial charge in [0.2, 0.25) is 5.91 Å². The quantitative estimate of drug-likeness (QED) is 0.0334. The fourth-order valence-electron chi connectivity index (χ4n) is 6.37. The molecule has 6 heteroatoms. The van der Waals surface area contributed by atoms with Gasteiger partial charge in [-0.3, -0.25) is 9.59 Å². The monoisotopic (exact) mass is 730 g/mol. The molecule has 0 aliphatic rings. The minimum atomic E-state index is -0.797. The molecule has 0 aromatic carbocycles. The van der Waals surface area contributed by atoms with Crippen molar-refractivity contribution in [2.24, 2.45) is 0 Å². The van der Waals surface area contributed by atoms with Crippen molar-refractivity contribution >= 4 is 11.9 Å². The highest BCUT2D eigenvalue weighted by Gasteiger charge is 2.24. The molecule has 3 atom stereocenters. The molecule has 0 saturated carbocycles. The van der Waals surface area contributed by atoms with Gasteiger partial charge in [0.05, 0.1) is 25.2 Å². The molecular formula is C46H83NO5. The predicted molar refractivity (Wildman–Crippen MR) is 222 cm³/mol. The van der Waals surface area contributed by atoms with Gasteiger partial charge in [0.15, 0.2) is 0 Å². The normalized spacial score (nSPS) is 13.9. The molecule has 0 fully saturated rings. The summed E-state index contributed by atoms with van der Waals surface area (Å²) in [5, 5.41) is 23.5. The second kappa shape index (κ2) is 40.0. The lowest BCUT2D eigenvalue weighted by Crippen LogP contribution is -2.46. The SMILES string of the molecule is CC/C=C/C/C=C/C/C=C/C/C=C/CCCC(CC(=O)NC(CO)C(O)CCCCCCCCCCC)OC(=O)CCCCCCCCCCCC. The van der Waals surface area contributed by atoms with Gasteiger partial charge in [-0.05, 0) is 57.8 Å². The molecule has 0 aliphatic heterocycles. The van der Waals surface area contributed by atoms with E-state index in [4.69, 9.17) is 4.74 Å². The van der Waals surface area contributed by atoms with E-state index in [-0.39, 0.29) is 24.9 Å². The number of aliphatic hydroxyl groups is 2. The molecular weight excluding hydrogens is 647 g/mol. The number of carbonyl (C=O) groups is 2. The molecule has 1 amide bonds. The highest BCUT2D eigenvalue weighted by atomic mass is 16.5. The summed E-state index contributed by atoms with van der Waals surface area (Å²) in [5.74, 6) is -0.532. The molecule has 0 rings (SSSR count). The van der Waals surface area contributed by atoms with Crippen molar-refractivity contribution in [3.63, 3.8) is 0 Å².